The number of para-hydroxylation sites is 3. The fourth-order valence-corrected chi connectivity index (χ4v) is 5.15. The summed E-state index contributed by atoms with van der Waals surface area (Å²) in [6, 6.07) is 33.9. The normalized spacial score (nSPS) is 15.9. The summed E-state index contributed by atoms with van der Waals surface area (Å²) in [5, 5.41) is 0.939. The molecule has 0 fully saturated rings. The Bertz CT molecular complexity index is 1720. The molecule has 0 saturated carbocycles. The number of fused-ring (bicyclic) bond motifs is 2. The minimum absolute atomic E-state index is 0.153. The molecule has 6 nitrogen and oxygen atoms in total. The van der Waals surface area contributed by atoms with Gasteiger partial charge in [0.25, 0.3) is 5.91 Å². The van der Waals surface area contributed by atoms with Gasteiger partial charge in [-0.05, 0) is 60.2 Å². The molecule has 5 aromatic rings. The van der Waals surface area contributed by atoms with E-state index in [1.165, 1.54) is 0 Å². The Morgan fingerprint density at radius 1 is 0.805 bits per heavy atom. The molecule has 2 unspecified atom stereocenters. The second-order valence-electron chi connectivity index (χ2n) is 9.58. The summed E-state index contributed by atoms with van der Waals surface area (Å²) in [5.41, 5.74) is 2.84. The number of pyridine rings is 1. The van der Waals surface area contributed by atoms with Crippen molar-refractivity contribution in [3.8, 4) is 29.1 Å². The third-order valence-electron chi connectivity index (χ3n) is 7.11. The van der Waals surface area contributed by atoms with E-state index in [1.807, 2.05) is 109 Å². The van der Waals surface area contributed by atoms with Crippen LogP contribution >= 0.6 is 0 Å². The maximum atomic E-state index is 14.3. The third kappa shape index (κ3) is 5.43. The number of carbonyl (C=O) groups excluding carboxylic acids is 1. The Labute approximate surface area is 239 Å². The van der Waals surface area contributed by atoms with Crippen LogP contribution in [0.2, 0.25) is 0 Å². The van der Waals surface area contributed by atoms with Gasteiger partial charge in [0.15, 0.2) is 0 Å². The maximum Gasteiger partial charge on any atom is 0.259 e. The molecule has 1 aliphatic rings. The molecule has 1 amide bonds. The Kier molecular flexibility index (Phi) is 7.51. The summed E-state index contributed by atoms with van der Waals surface area (Å²) < 4.78 is 17.7. The van der Waals surface area contributed by atoms with E-state index < -0.39 is 6.04 Å². The highest BCUT2D eigenvalue weighted by molar-refractivity contribution is 6.13. The average molecular weight is 541 g/mol. The minimum Gasteiger partial charge on any atom is -0.497 e. The maximum absolute atomic E-state index is 14.3. The summed E-state index contributed by atoms with van der Waals surface area (Å²) in [6.45, 7) is 0.471. The highest BCUT2D eigenvalue weighted by atomic mass is 16.5. The van der Waals surface area contributed by atoms with E-state index >= 15 is 0 Å². The van der Waals surface area contributed by atoms with E-state index in [2.05, 4.69) is 16.8 Å². The highest BCUT2D eigenvalue weighted by Gasteiger charge is 2.41. The van der Waals surface area contributed by atoms with Crippen molar-refractivity contribution in [2.75, 3.05) is 25.2 Å². The molecule has 0 aliphatic carbocycles. The number of ether oxygens (including phenoxy) is 3. The predicted octanol–water partition coefficient (Wildman–Crippen LogP) is 6.52. The van der Waals surface area contributed by atoms with Gasteiger partial charge in [0.2, 0.25) is 0 Å². The highest BCUT2D eigenvalue weighted by Crippen LogP contribution is 2.40. The first-order valence-electron chi connectivity index (χ1n) is 13.4. The second kappa shape index (κ2) is 11.8. The number of rotatable bonds is 7. The van der Waals surface area contributed by atoms with Crippen LogP contribution in [0, 0.1) is 11.8 Å². The summed E-state index contributed by atoms with van der Waals surface area (Å²) in [5.74, 6) is 8.27. The fourth-order valence-electron chi connectivity index (χ4n) is 5.15. The van der Waals surface area contributed by atoms with Crippen molar-refractivity contribution in [3.63, 3.8) is 0 Å². The molecule has 0 spiro atoms. The molecule has 0 radical (unpaired) electrons. The lowest BCUT2D eigenvalue weighted by atomic mass is 9.82. The van der Waals surface area contributed by atoms with Crippen molar-refractivity contribution < 1.29 is 19.0 Å². The molecule has 2 atom stereocenters. The Morgan fingerprint density at radius 2 is 1.54 bits per heavy atom. The zero-order valence-electron chi connectivity index (χ0n) is 22.6. The third-order valence-corrected chi connectivity index (χ3v) is 7.11. The molecule has 41 heavy (non-hydrogen) atoms. The Hall–Kier alpha value is -5.28. The van der Waals surface area contributed by atoms with Gasteiger partial charge in [0.1, 0.15) is 29.9 Å². The zero-order valence-corrected chi connectivity index (χ0v) is 22.6. The first kappa shape index (κ1) is 26.0. The van der Waals surface area contributed by atoms with Crippen LogP contribution in [0.5, 0.6) is 17.2 Å². The lowest BCUT2D eigenvalue weighted by Gasteiger charge is -2.39. The number of hydrogen-bond acceptors (Lipinski definition) is 5. The van der Waals surface area contributed by atoms with E-state index in [0.717, 1.165) is 28.0 Å². The number of amides is 1. The number of anilines is 1. The number of hydrogen-bond donors (Lipinski definition) is 0. The van der Waals surface area contributed by atoms with Gasteiger partial charge in [0, 0.05) is 17.1 Å². The smallest absolute Gasteiger partial charge is 0.259 e. The standard InChI is InChI=1S/C35H28N2O4/c1-39-28-19-20-29-30(23-28)31(24-41-27-15-6-3-7-16-27)32(18-10-22-40-26-13-4-2-5-14-26)37(35(29)38)33-17-8-11-25-12-9-21-36-34(25)33/h2-9,11-17,19-21,23,31-32H,22,24H2,1H3. The molecule has 0 bridgehead atoms. The molecule has 1 aliphatic heterocycles. The largest absolute Gasteiger partial charge is 0.497 e. The zero-order chi connectivity index (χ0) is 28.0. The van der Waals surface area contributed by atoms with Gasteiger partial charge in [-0.1, -0.05) is 66.4 Å². The lowest BCUT2D eigenvalue weighted by Crippen LogP contribution is -2.49. The van der Waals surface area contributed by atoms with Crippen molar-refractivity contribution in [1.82, 2.24) is 4.98 Å². The lowest BCUT2D eigenvalue weighted by molar-refractivity contribution is 0.0963. The molecule has 2 heterocycles. The summed E-state index contributed by atoms with van der Waals surface area (Å²) in [4.78, 5) is 20.7. The molecule has 6 heteroatoms. The first-order valence-corrected chi connectivity index (χ1v) is 13.4. The summed E-state index contributed by atoms with van der Waals surface area (Å²) >= 11 is 0. The summed E-state index contributed by atoms with van der Waals surface area (Å²) in [6.07, 6.45) is 1.74. The molecule has 0 N–H and O–H groups in total. The van der Waals surface area contributed by atoms with Gasteiger partial charge in [-0.15, -0.1) is 0 Å². The summed E-state index contributed by atoms with van der Waals surface area (Å²) in [7, 11) is 1.62. The molecule has 6 rings (SSSR count). The van der Waals surface area contributed by atoms with E-state index in [9.17, 15) is 4.79 Å². The minimum atomic E-state index is -0.558. The van der Waals surface area contributed by atoms with Gasteiger partial charge in [0.05, 0.1) is 30.8 Å². The van der Waals surface area contributed by atoms with E-state index in [0.29, 0.717) is 23.6 Å². The number of aromatic nitrogens is 1. The monoisotopic (exact) mass is 540 g/mol. The van der Waals surface area contributed by atoms with Crippen LogP contribution < -0.4 is 19.1 Å². The molecule has 1 aromatic heterocycles. The van der Waals surface area contributed by atoms with Crippen molar-refractivity contribution in [2.45, 2.75) is 12.0 Å². The number of methoxy groups -OCH3 is 1. The molecular formula is C35H28N2O4. The van der Waals surface area contributed by atoms with Gasteiger partial charge in [-0.25, -0.2) is 0 Å². The number of carbonyl (C=O) groups is 1. The van der Waals surface area contributed by atoms with Crippen LogP contribution in [0.25, 0.3) is 10.9 Å². The number of nitrogens with zero attached hydrogens (tertiary/aromatic N) is 2. The van der Waals surface area contributed by atoms with E-state index in [-0.39, 0.29) is 18.4 Å². The van der Waals surface area contributed by atoms with Gasteiger partial charge in [-0.2, -0.15) is 0 Å². The molecule has 202 valence electrons. The van der Waals surface area contributed by atoms with Crippen molar-refractivity contribution in [3.05, 3.63) is 127 Å². The van der Waals surface area contributed by atoms with Crippen LogP contribution in [0.3, 0.4) is 0 Å². The second-order valence-corrected chi connectivity index (χ2v) is 9.58. The Morgan fingerprint density at radius 3 is 2.29 bits per heavy atom. The van der Waals surface area contributed by atoms with Crippen LogP contribution in [0.1, 0.15) is 21.8 Å². The van der Waals surface area contributed by atoms with Gasteiger partial charge >= 0.3 is 0 Å². The molecule has 4 aromatic carbocycles. The quantitative estimate of drug-likeness (QED) is 0.220. The average Bonchev–Trinajstić information content (AvgIpc) is 3.03. The van der Waals surface area contributed by atoms with Gasteiger partial charge < -0.3 is 14.2 Å². The van der Waals surface area contributed by atoms with Crippen LogP contribution in [-0.2, 0) is 0 Å². The van der Waals surface area contributed by atoms with Crippen molar-refractivity contribution in [1.29, 1.82) is 0 Å². The van der Waals surface area contributed by atoms with E-state index in [4.69, 9.17) is 14.2 Å². The fraction of sp³-hybridized carbons (Fsp3) is 0.143. The predicted molar refractivity (Wildman–Crippen MR) is 160 cm³/mol. The van der Waals surface area contributed by atoms with Crippen LogP contribution in [0.15, 0.2) is 115 Å². The molecule has 0 saturated heterocycles. The Balaban J connectivity index is 1.46. The van der Waals surface area contributed by atoms with Crippen LogP contribution in [0.4, 0.5) is 5.69 Å². The molecular weight excluding hydrogens is 512 g/mol. The number of benzene rings is 4. The van der Waals surface area contributed by atoms with E-state index in [1.54, 1.807) is 18.2 Å². The van der Waals surface area contributed by atoms with Gasteiger partial charge in [-0.3, -0.25) is 14.7 Å². The van der Waals surface area contributed by atoms with Crippen molar-refractivity contribution >= 4 is 22.5 Å². The SMILES string of the molecule is COc1ccc2c(c1)C(COc1ccccc1)C(C#CCOc1ccccc1)N(c1cccc3cccnc13)C2=O. The first-order chi connectivity index (χ1) is 20.2. The topological polar surface area (TPSA) is 60.9 Å². The van der Waals surface area contributed by atoms with Crippen molar-refractivity contribution in [2.24, 2.45) is 0 Å². The van der Waals surface area contributed by atoms with Crippen LogP contribution in [-0.4, -0.2) is 37.3 Å².